The molecular formula is C36H48F13NO2. The maximum absolute atomic E-state index is 14.0. The van der Waals surface area contributed by atoms with Crippen LogP contribution in [0.4, 0.5) is 57.1 Å². The molecule has 300 valence electrons. The standard InChI is InChI=1S/C36H48F13NO2/c1-30-21-23(29-25-14-12-24(51)20-22(25)11-13-26(29)27(30)15-16-28(30)52)10-6-5-9-19-50(2)18-8-4-3-7-17-31(37,38)32(39,40)33(41,42)34(43,44)35(45,46)36(47,48)49/h12,14,20,23,26-29,51-52H,3-11,13,15-19,21H2,1-2H3/t23-,26-,27-,28-,29+,30-/m0/s1. The number of aliphatic hydroxyl groups is 1. The first-order valence-electron chi connectivity index (χ1n) is 18.0. The lowest BCUT2D eigenvalue weighted by Crippen LogP contribution is -2.70. The smallest absolute Gasteiger partial charge is 0.460 e. The molecule has 3 aliphatic carbocycles. The molecule has 0 saturated heterocycles. The molecule has 3 nitrogen and oxygen atoms in total. The summed E-state index contributed by atoms with van der Waals surface area (Å²) in [6, 6.07) is 5.68. The Morgan fingerprint density at radius 3 is 1.92 bits per heavy atom. The summed E-state index contributed by atoms with van der Waals surface area (Å²) >= 11 is 0. The van der Waals surface area contributed by atoms with Crippen LogP contribution in [-0.4, -0.2) is 77.1 Å². The molecule has 0 heterocycles. The van der Waals surface area contributed by atoms with Gasteiger partial charge in [0.2, 0.25) is 0 Å². The van der Waals surface area contributed by atoms with Crippen LogP contribution in [0.2, 0.25) is 0 Å². The maximum Gasteiger partial charge on any atom is 0.460 e. The van der Waals surface area contributed by atoms with Gasteiger partial charge in [0, 0.05) is 6.42 Å². The van der Waals surface area contributed by atoms with Gasteiger partial charge in [-0.2, -0.15) is 57.1 Å². The highest BCUT2D eigenvalue weighted by molar-refractivity contribution is 5.40. The molecule has 2 fully saturated rings. The van der Waals surface area contributed by atoms with Crippen LogP contribution in [0, 0.1) is 23.2 Å². The Hall–Kier alpha value is -1.97. The summed E-state index contributed by atoms with van der Waals surface area (Å²) in [5.74, 6) is -34.5. The van der Waals surface area contributed by atoms with Gasteiger partial charge in [0.15, 0.2) is 0 Å². The summed E-state index contributed by atoms with van der Waals surface area (Å²) in [6.45, 7) is 3.39. The van der Waals surface area contributed by atoms with Crippen LogP contribution in [-0.2, 0) is 6.42 Å². The molecule has 2 N–H and O–H groups in total. The summed E-state index contributed by atoms with van der Waals surface area (Å²) in [4.78, 5) is 1.97. The number of hydrogen-bond donors (Lipinski definition) is 2. The quantitative estimate of drug-likeness (QED) is 0.122. The van der Waals surface area contributed by atoms with E-state index in [1.807, 2.05) is 18.0 Å². The number of aromatic hydroxyl groups is 1. The molecule has 0 bridgehead atoms. The third-order valence-electron chi connectivity index (χ3n) is 12.2. The van der Waals surface area contributed by atoms with Gasteiger partial charge in [-0.25, -0.2) is 0 Å². The largest absolute Gasteiger partial charge is 0.508 e. The van der Waals surface area contributed by atoms with Crippen LogP contribution in [0.1, 0.15) is 107 Å². The highest BCUT2D eigenvalue weighted by atomic mass is 19.4. The van der Waals surface area contributed by atoms with E-state index < -0.39 is 48.6 Å². The average Bonchev–Trinajstić information content (AvgIpc) is 3.34. The van der Waals surface area contributed by atoms with Crippen molar-refractivity contribution in [2.24, 2.45) is 23.2 Å². The van der Waals surface area contributed by atoms with Crippen LogP contribution in [0.3, 0.4) is 0 Å². The van der Waals surface area contributed by atoms with Gasteiger partial charge in [-0.15, -0.1) is 0 Å². The SMILES string of the molecule is CN(CCCCCCC(F)(F)C(F)(F)C(F)(F)C(F)(F)C(F)(F)C(F)(F)F)CCCCC[C@H]1C[C@]2(C)[C@@H](O)CC[C@H]2[C@@H]2CCc3cc(O)ccc3[C@@H]12. The molecule has 0 radical (unpaired) electrons. The Labute approximate surface area is 295 Å². The van der Waals surface area contributed by atoms with E-state index in [1.165, 1.54) is 11.1 Å². The van der Waals surface area contributed by atoms with Gasteiger partial charge in [-0.3, -0.25) is 0 Å². The summed E-state index contributed by atoms with van der Waals surface area (Å²) < 4.78 is 173. The third-order valence-corrected chi connectivity index (χ3v) is 12.2. The molecule has 6 atom stereocenters. The van der Waals surface area contributed by atoms with Crippen molar-refractivity contribution in [3.8, 4) is 5.75 Å². The number of unbranched alkanes of at least 4 members (excludes halogenated alkanes) is 5. The second kappa shape index (κ2) is 15.3. The molecule has 0 spiro atoms. The van der Waals surface area contributed by atoms with Crippen LogP contribution >= 0.6 is 0 Å². The molecule has 1 aromatic carbocycles. The molecule has 0 aliphatic heterocycles. The predicted molar refractivity (Wildman–Crippen MR) is 167 cm³/mol. The second-order valence-electron chi connectivity index (χ2n) is 15.6. The van der Waals surface area contributed by atoms with E-state index in [4.69, 9.17) is 0 Å². The van der Waals surface area contributed by atoms with E-state index in [1.54, 1.807) is 6.07 Å². The fourth-order valence-corrected chi connectivity index (χ4v) is 9.25. The van der Waals surface area contributed by atoms with Crippen molar-refractivity contribution < 1.29 is 67.3 Å². The van der Waals surface area contributed by atoms with E-state index in [-0.39, 0.29) is 30.1 Å². The van der Waals surface area contributed by atoms with Crippen LogP contribution in [0.15, 0.2) is 18.2 Å². The lowest BCUT2D eigenvalue weighted by atomic mass is 9.51. The van der Waals surface area contributed by atoms with Gasteiger partial charge in [0.1, 0.15) is 5.75 Å². The highest BCUT2D eigenvalue weighted by Gasteiger charge is 2.90. The Kier molecular flexibility index (Phi) is 12.6. The zero-order valence-corrected chi connectivity index (χ0v) is 29.2. The second-order valence-corrected chi connectivity index (χ2v) is 15.6. The first-order chi connectivity index (χ1) is 23.8. The normalized spacial score (nSPS) is 27.4. The van der Waals surface area contributed by atoms with Gasteiger partial charge in [0.25, 0.3) is 0 Å². The van der Waals surface area contributed by atoms with E-state index in [2.05, 4.69) is 13.0 Å². The Morgan fingerprint density at radius 1 is 0.731 bits per heavy atom. The fourth-order valence-electron chi connectivity index (χ4n) is 9.25. The van der Waals surface area contributed by atoms with Gasteiger partial charge in [-0.1, -0.05) is 38.7 Å². The maximum atomic E-state index is 14.0. The first-order valence-corrected chi connectivity index (χ1v) is 18.0. The number of hydrogen-bond acceptors (Lipinski definition) is 3. The minimum atomic E-state index is -7.86. The molecule has 1 aromatic rings. The molecule has 52 heavy (non-hydrogen) atoms. The summed E-state index contributed by atoms with van der Waals surface area (Å²) in [5, 5.41) is 21.1. The minimum absolute atomic E-state index is 0.120. The first kappa shape index (κ1) is 42.8. The lowest BCUT2D eigenvalue weighted by Gasteiger charge is -2.54. The molecule has 0 amide bonds. The van der Waals surface area contributed by atoms with Crippen molar-refractivity contribution >= 4 is 0 Å². The molecular weight excluding hydrogens is 725 g/mol. The number of halogens is 13. The van der Waals surface area contributed by atoms with Crippen molar-refractivity contribution in [1.29, 1.82) is 0 Å². The van der Waals surface area contributed by atoms with Gasteiger partial charge >= 0.3 is 35.8 Å². The number of phenols is 1. The number of benzene rings is 1. The summed E-state index contributed by atoms with van der Waals surface area (Å²) in [5.41, 5.74) is 2.38. The molecule has 16 heteroatoms. The van der Waals surface area contributed by atoms with Crippen LogP contribution in [0.25, 0.3) is 0 Å². The average molecular weight is 774 g/mol. The van der Waals surface area contributed by atoms with E-state index in [9.17, 15) is 67.3 Å². The van der Waals surface area contributed by atoms with E-state index >= 15 is 0 Å². The number of fused-ring (bicyclic) bond motifs is 5. The number of phenolic OH excluding ortho intramolecular Hbond substituents is 1. The predicted octanol–water partition coefficient (Wildman–Crippen LogP) is 11.0. The lowest BCUT2D eigenvalue weighted by molar-refractivity contribution is -0.440. The number of rotatable bonds is 17. The topological polar surface area (TPSA) is 43.7 Å². The van der Waals surface area contributed by atoms with Crippen molar-refractivity contribution in [3.05, 3.63) is 29.3 Å². The zero-order valence-electron chi connectivity index (χ0n) is 29.2. The highest BCUT2D eigenvalue weighted by Crippen LogP contribution is 2.64. The Bertz CT molecular complexity index is 1350. The van der Waals surface area contributed by atoms with Gasteiger partial charge < -0.3 is 15.1 Å². The number of aryl methyl sites for hydroxylation is 1. The number of nitrogens with zero attached hydrogens (tertiary/aromatic N) is 1. The molecule has 3 aliphatic rings. The summed E-state index contributed by atoms with van der Waals surface area (Å²) in [6.07, 6.45) is -2.03. The van der Waals surface area contributed by atoms with Crippen molar-refractivity contribution in [2.75, 3.05) is 20.1 Å². The molecule has 4 rings (SSSR count). The Balaban J connectivity index is 1.19. The van der Waals surface area contributed by atoms with Crippen LogP contribution in [0.5, 0.6) is 5.75 Å². The van der Waals surface area contributed by atoms with E-state index in [0.29, 0.717) is 43.2 Å². The minimum Gasteiger partial charge on any atom is -0.508 e. The number of alkyl halides is 13. The molecule has 2 saturated carbocycles. The Morgan fingerprint density at radius 2 is 1.31 bits per heavy atom. The van der Waals surface area contributed by atoms with Crippen molar-refractivity contribution in [2.45, 2.75) is 145 Å². The van der Waals surface area contributed by atoms with Crippen molar-refractivity contribution in [3.63, 3.8) is 0 Å². The summed E-state index contributed by atoms with van der Waals surface area (Å²) in [7, 11) is 1.82. The molecule has 0 aromatic heterocycles. The van der Waals surface area contributed by atoms with Gasteiger partial charge in [0.05, 0.1) is 6.10 Å². The van der Waals surface area contributed by atoms with Gasteiger partial charge in [-0.05, 0) is 130 Å². The monoisotopic (exact) mass is 773 g/mol. The van der Waals surface area contributed by atoms with Crippen molar-refractivity contribution in [1.82, 2.24) is 4.90 Å². The molecule has 0 unspecified atom stereocenters. The van der Waals surface area contributed by atoms with E-state index in [0.717, 1.165) is 57.8 Å². The van der Waals surface area contributed by atoms with Crippen LogP contribution < -0.4 is 0 Å². The number of aliphatic hydroxyl groups excluding tert-OH is 1. The third kappa shape index (κ3) is 7.76. The fraction of sp³-hybridized carbons (Fsp3) is 0.833. The zero-order chi connectivity index (χ0) is 39.1.